The van der Waals surface area contributed by atoms with Gasteiger partial charge in [-0.3, -0.25) is 0 Å². The Bertz CT molecular complexity index is 546. The summed E-state index contributed by atoms with van der Waals surface area (Å²) >= 11 is 7.63. The van der Waals surface area contributed by atoms with Crippen LogP contribution in [-0.2, 0) is 5.88 Å². The Labute approximate surface area is 135 Å². The van der Waals surface area contributed by atoms with Crippen molar-refractivity contribution >= 4 is 23.4 Å². The molecule has 0 N–H and O–H groups in total. The summed E-state index contributed by atoms with van der Waals surface area (Å²) in [5.74, 6) is 2.91. The number of benzene rings is 2. The SMILES string of the molecule is CCOc1cc(CCl)ccc1OCCSc1ccccc1. The van der Waals surface area contributed by atoms with E-state index in [-0.39, 0.29) is 0 Å². The van der Waals surface area contributed by atoms with Gasteiger partial charge < -0.3 is 9.47 Å². The van der Waals surface area contributed by atoms with E-state index in [0.717, 1.165) is 22.8 Å². The molecule has 0 amide bonds. The Hall–Kier alpha value is -1.32. The first-order valence-electron chi connectivity index (χ1n) is 6.96. The lowest BCUT2D eigenvalue weighted by Crippen LogP contribution is -2.03. The van der Waals surface area contributed by atoms with E-state index < -0.39 is 0 Å². The van der Waals surface area contributed by atoms with Gasteiger partial charge in [0.1, 0.15) is 0 Å². The highest BCUT2D eigenvalue weighted by atomic mass is 35.5. The molecule has 0 aromatic heterocycles. The molecule has 0 heterocycles. The molecule has 2 nitrogen and oxygen atoms in total. The van der Waals surface area contributed by atoms with E-state index in [4.69, 9.17) is 21.1 Å². The van der Waals surface area contributed by atoms with Crippen LogP contribution in [0.5, 0.6) is 11.5 Å². The lowest BCUT2D eigenvalue weighted by molar-refractivity contribution is 0.289. The lowest BCUT2D eigenvalue weighted by Gasteiger charge is -2.12. The highest BCUT2D eigenvalue weighted by molar-refractivity contribution is 7.99. The van der Waals surface area contributed by atoms with Crippen LogP contribution in [0.1, 0.15) is 12.5 Å². The minimum atomic E-state index is 0.476. The van der Waals surface area contributed by atoms with Crippen molar-refractivity contribution in [2.24, 2.45) is 0 Å². The molecule has 0 fully saturated rings. The van der Waals surface area contributed by atoms with Gasteiger partial charge in [-0.1, -0.05) is 24.3 Å². The molecule has 0 unspecified atom stereocenters. The van der Waals surface area contributed by atoms with Gasteiger partial charge in [0, 0.05) is 16.5 Å². The fraction of sp³-hybridized carbons (Fsp3) is 0.294. The van der Waals surface area contributed by atoms with E-state index in [1.54, 1.807) is 11.8 Å². The Balaban J connectivity index is 1.87. The molecule has 2 rings (SSSR count). The lowest BCUT2D eigenvalue weighted by atomic mass is 10.2. The third kappa shape index (κ3) is 5.18. The third-order valence-electron chi connectivity index (χ3n) is 2.82. The summed E-state index contributed by atoms with van der Waals surface area (Å²) in [4.78, 5) is 1.25. The summed E-state index contributed by atoms with van der Waals surface area (Å²) < 4.78 is 11.4. The van der Waals surface area contributed by atoms with Gasteiger partial charge >= 0.3 is 0 Å². The monoisotopic (exact) mass is 322 g/mol. The summed E-state index contributed by atoms with van der Waals surface area (Å²) in [5, 5.41) is 0. The van der Waals surface area contributed by atoms with Gasteiger partial charge in [0.25, 0.3) is 0 Å². The van der Waals surface area contributed by atoms with E-state index in [0.29, 0.717) is 19.1 Å². The molecule has 4 heteroatoms. The molecule has 0 aliphatic rings. The van der Waals surface area contributed by atoms with Crippen LogP contribution in [0.4, 0.5) is 0 Å². The first-order chi connectivity index (χ1) is 10.3. The van der Waals surface area contributed by atoms with E-state index in [1.165, 1.54) is 4.90 Å². The summed E-state index contributed by atoms with van der Waals surface area (Å²) in [6.45, 7) is 3.21. The Morgan fingerprint density at radius 3 is 2.52 bits per heavy atom. The van der Waals surface area contributed by atoms with Gasteiger partial charge in [-0.2, -0.15) is 0 Å². The van der Waals surface area contributed by atoms with Gasteiger partial charge in [0.05, 0.1) is 13.2 Å². The van der Waals surface area contributed by atoms with E-state index in [9.17, 15) is 0 Å². The van der Waals surface area contributed by atoms with Gasteiger partial charge in [0.15, 0.2) is 11.5 Å². The zero-order valence-electron chi connectivity index (χ0n) is 12.0. The van der Waals surface area contributed by atoms with E-state index >= 15 is 0 Å². The standard InChI is InChI=1S/C17H19ClO2S/c1-2-19-17-12-14(13-18)8-9-16(17)20-10-11-21-15-6-4-3-5-7-15/h3-9,12H,2,10-11,13H2,1H3. The van der Waals surface area contributed by atoms with Crippen LogP contribution >= 0.6 is 23.4 Å². The van der Waals surface area contributed by atoms with Crippen LogP contribution in [-0.4, -0.2) is 19.0 Å². The average Bonchev–Trinajstić information content (AvgIpc) is 2.54. The molecule has 0 saturated heterocycles. The van der Waals surface area contributed by atoms with Crippen molar-refractivity contribution in [2.45, 2.75) is 17.7 Å². The molecule has 0 aliphatic heterocycles. The predicted molar refractivity (Wildman–Crippen MR) is 89.8 cm³/mol. The Morgan fingerprint density at radius 1 is 1.00 bits per heavy atom. The molecule has 0 spiro atoms. The first-order valence-corrected chi connectivity index (χ1v) is 8.48. The quantitative estimate of drug-likeness (QED) is 0.387. The number of rotatable bonds is 8. The highest BCUT2D eigenvalue weighted by Crippen LogP contribution is 2.29. The maximum Gasteiger partial charge on any atom is 0.161 e. The van der Waals surface area contributed by atoms with Crippen LogP contribution in [0.3, 0.4) is 0 Å². The van der Waals surface area contributed by atoms with Crippen LogP contribution in [0.15, 0.2) is 53.4 Å². The first kappa shape index (κ1) is 16.1. The van der Waals surface area contributed by atoms with Crippen molar-refractivity contribution in [3.05, 3.63) is 54.1 Å². The molecule has 2 aromatic rings. The summed E-state index contributed by atoms with van der Waals surface area (Å²) in [6, 6.07) is 16.1. The molecular weight excluding hydrogens is 304 g/mol. The van der Waals surface area contributed by atoms with Gasteiger partial charge in [0.2, 0.25) is 0 Å². The number of hydrogen-bond acceptors (Lipinski definition) is 3. The number of thioether (sulfide) groups is 1. The van der Waals surface area contributed by atoms with E-state index in [2.05, 4.69) is 12.1 Å². The number of hydrogen-bond donors (Lipinski definition) is 0. The zero-order chi connectivity index (χ0) is 14.9. The molecule has 0 atom stereocenters. The smallest absolute Gasteiger partial charge is 0.161 e. The molecule has 0 aliphatic carbocycles. The van der Waals surface area contributed by atoms with Gasteiger partial charge in [-0.15, -0.1) is 23.4 Å². The Morgan fingerprint density at radius 2 is 1.81 bits per heavy atom. The second kappa shape index (κ2) is 8.85. The zero-order valence-corrected chi connectivity index (χ0v) is 13.6. The fourth-order valence-corrected chi connectivity index (χ4v) is 2.77. The topological polar surface area (TPSA) is 18.5 Å². The van der Waals surface area contributed by atoms with Crippen molar-refractivity contribution in [1.82, 2.24) is 0 Å². The van der Waals surface area contributed by atoms with Gasteiger partial charge in [-0.25, -0.2) is 0 Å². The van der Waals surface area contributed by atoms with Crippen molar-refractivity contribution in [2.75, 3.05) is 19.0 Å². The highest BCUT2D eigenvalue weighted by Gasteiger charge is 2.06. The maximum absolute atomic E-state index is 5.85. The fourth-order valence-electron chi connectivity index (χ4n) is 1.85. The minimum absolute atomic E-state index is 0.476. The summed E-state index contributed by atoms with van der Waals surface area (Å²) in [5.41, 5.74) is 1.03. The normalized spacial score (nSPS) is 10.4. The largest absolute Gasteiger partial charge is 0.490 e. The van der Waals surface area contributed by atoms with Crippen molar-refractivity contribution in [3.63, 3.8) is 0 Å². The van der Waals surface area contributed by atoms with Crippen molar-refractivity contribution in [3.8, 4) is 11.5 Å². The summed E-state index contributed by atoms with van der Waals surface area (Å²) in [7, 11) is 0. The number of halogens is 1. The second-order valence-corrected chi connectivity index (χ2v) is 5.79. The molecule has 112 valence electrons. The molecular formula is C17H19ClO2S. The predicted octanol–water partition coefficient (Wildman–Crippen LogP) is 5.00. The average molecular weight is 323 g/mol. The Kier molecular flexibility index (Phi) is 6.77. The minimum Gasteiger partial charge on any atom is -0.490 e. The van der Waals surface area contributed by atoms with Gasteiger partial charge in [-0.05, 0) is 36.8 Å². The second-order valence-electron chi connectivity index (χ2n) is 4.36. The summed E-state index contributed by atoms with van der Waals surface area (Å²) in [6.07, 6.45) is 0. The van der Waals surface area contributed by atoms with Crippen LogP contribution in [0.2, 0.25) is 0 Å². The molecule has 21 heavy (non-hydrogen) atoms. The maximum atomic E-state index is 5.85. The molecule has 0 saturated carbocycles. The van der Waals surface area contributed by atoms with Crippen LogP contribution < -0.4 is 9.47 Å². The number of alkyl halides is 1. The van der Waals surface area contributed by atoms with E-state index in [1.807, 2.05) is 43.3 Å². The third-order valence-corrected chi connectivity index (χ3v) is 4.10. The molecule has 0 radical (unpaired) electrons. The molecule has 0 bridgehead atoms. The van der Waals surface area contributed by atoms with Crippen molar-refractivity contribution < 1.29 is 9.47 Å². The number of ether oxygens (including phenoxy) is 2. The van der Waals surface area contributed by atoms with Crippen LogP contribution in [0.25, 0.3) is 0 Å². The van der Waals surface area contributed by atoms with Crippen LogP contribution in [0, 0.1) is 0 Å². The van der Waals surface area contributed by atoms with Crippen molar-refractivity contribution in [1.29, 1.82) is 0 Å². The molecule has 2 aromatic carbocycles.